The van der Waals surface area contributed by atoms with E-state index in [4.69, 9.17) is 9.15 Å². The molecule has 3 rings (SSSR count). The third-order valence-electron chi connectivity index (χ3n) is 3.77. The molecule has 0 saturated carbocycles. The zero-order valence-corrected chi connectivity index (χ0v) is 13.5. The molecule has 2 aromatic carbocycles. The molecule has 0 aliphatic carbocycles. The van der Waals surface area contributed by atoms with Crippen molar-refractivity contribution in [2.45, 2.75) is 19.6 Å². The molecule has 6 heteroatoms. The highest BCUT2D eigenvalue weighted by atomic mass is 16.5. The Morgan fingerprint density at radius 1 is 1.25 bits per heavy atom. The summed E-state index contributed by atoms with van der Waals surface area (Å²) in [6, 6.07) is 14.7. The Morgan fingerprint density at radius 2 is 2.00 bits per heavy atom. The molecular weight excluding hydrogens is 308 g/mol. The van der Waals surface area contributed by atoms with Crippen molar-refractivity contribution in [2.24, 2.45) is 7.05 Å². The molecule has 1 N–H and O–H groups in total. The van der Waals surface area contributed by atoms with E-state index in [1.165, 1.54) is 4.57 Å². The maximum absolute atomic E-state index is 12.2. The smallest absolute Gasteiger partial charge is 0.408 e. The summed E-state index contributed by atoms with van der Waals surface area (Å²) in [6.45, 7) is 2.06. The summed E-state index contributed by atoms with van der Waals surface area (Å²) in [5, 5.41) is 2.76. The van der Waals surface area contributed by atoms with Crippen molar-refractivity contribution >= 4 is 22.7 Å². The predicted molar refractivity (Wildman–Crippen MR) is 90.8 cm³/mol. The number of aromatic nitrogens is 1. The summed E-state index contributed by atoms with van der Waals surface area (Å²) in [5.41, 5.74) is 2.66. The summed E-state index contributed by atoms with van der Waals surface area (Å²) in [5.74, 6) is -0.698. The minimum Gasteiger partial charge on any atom is -0.408 e. The summed E-state index contributed by atoms with van der Waals surface area (Å²) in [7, 11) is 1.63. The highest BCUT2D eigenvalue weighted by molar-refractivity contribution is 5.95. The predicted octanol–water partition coefficient (Wildman–Crippen LogP) is 2.68. The molecule has 124 valence electrons. The van der Waals surface area contributed by atoms with Gasteiger partial charge in [-0.2, -0.15) is 0 Å². The molecule has 6 nitrogen and oxygen atoms in total. The number of anilines is 1. The van der Waals surface area contributed by atoms with Crippen LogP contribution in [0, 0.1) is 0 Å². The SMILES string of the molecule is CC(OCc1ccccc1)C(=O)Nc1ccc2c(c1)oc(=O)n2C. The van der Waals surface area contributed by atoms with Crippen molar-refractivity contribution in [1.29, 1.82) is 0 Å². The van der Waals surface area contributed by atoms with Crippen LogP contribution < -0.4 is 11.1 Å². The topological polar surface area (TPSA) is 73.5 Å². The Bertz CT molecular complexity index is 912. The van der Waals surface area contributed by atoms with Crippen LogP contribution in [0.15, 0.2) is 57.7 Å². The van der Waals surface area contributed by atoms with Crippen LogP contribution in [0.3, 0.4) is 0 Å². The van der Waals surface area contributed by atoms with Gasteiger partial charge in [0, 0.05) is 18.8 Å². The first-order valence-electron chi connectivity index (χ1n) is 7.60. The molecule has 0 aliphatic heterocycles. The van der Waals surface area contributed by atoms with Gasteiger partial charge in [0.1, 0.15) is 6.10 Å². The highest BCUT2D eigenvalue weighted by Gasteiger charge is 2.15. The standard InChI is InChI=1S/C18H18N2O4/c1-12(23-11-13-6-4-3-5-7-13)17(21)19-14-8-9-15-16(10-14)24-18(22)20(15)2/h3-10,12H,11H2,1-2H3,(H,19,21). The van der Waals surface area contributed by atoms with Crippen LogP contribution in [0.4, 0.5) is 5.69 Å². The maximum Gasteiger partial charge on any atom is 0.419 e. The van der Waals surface area contributed by atoms with Crippen LogP contribution in [0.5, 0.6) is 0 Å². The number of fused-ring (bicyclic) bond motifs is 1. The van der Waals surface area contributed by atoms with Gasteiger partial charge < -0.3 is 14.5 Å². The minimum absolute atomic E-state index is 0.261. The normalized spacial score (nSPS) is 12.2. The lowest BCUT2D eigenvalue weighted by Gasteiger charge is -2.13. The quantitative estimate of drug-likeness (QED) is 0.782. The third kappa shape index (κ3) is 3.38. The average molecular weight is 326 g/mol. The van der Waals surface area contributed by atoms with Gasteiger partial charge in [0.25, 0.3) is 5.91 Å². The van der Waals surface area contributed by atoms with Gasteiger partial charge in [0.15, 0.2) is 5.58 Å². The van der Waals surface area contributed by atoms with E-state index in [1.807, 2.05) is 30.3 Å². The molecule has 0 aliphatic rings. The molecule has 1 amide bonds. The number of ether oxygens (including phenoxy) is 1. The molecule has 1 aromatic heterocycles. The van der Waals surface area contributed by atoms with Crippen molar-refractivity contribution in [3.63, 3.8) is 0 Å². The number of benzene rings is 2. The lowest BCUT2D eigenvalue weighted by molar-refractivity contribution is -0.127. The van der Waals surface area contributed by atoms with Gasteiger partial charge in [-0.25, -0.2) is 4.79 Å². The number of aryl methyl sites for hydroxylation is 1. The molecule has 0 radical (unpaired) electrons. The van der Waals surface area contributed by atoms with Gasteiger partial charge in [-0.15, -0.1) is 0 Å². The second-order valence-electron chi connectivity index (χ2n) is 5.54. The van der Waals surface area contributed by atoms with E-state index in [0.29, 0.717) is 23.4 Å². The maximum atomic E-state index is 12.2. The first-order valence-corrected chi connectivity index (χ1v) is 7.60. The second kappa shape index (κ2) is 6.72. The molecule has 0 fully saturated rings. The van der Waals surface area contributed by atoms with Crippen LogP contribution in [0.2, 0.25) is 0 Å². The largest absolute Gasteiger partial charge is 0.419 e. The van der Waals surface area contributed by atoms with E-state index in [1.54, 1.807) is 32.2 Å². The van der Waals surface area contributed by atoms with Crippen LogP contribution in [0.1, 0.15) is 12.5 Å². The van der Waals surface area contributed by atoms with Gasteiger partial charge in [0.2, 0.25) is 0 Å². The van der Waals surface area contributed by atoms with Gasteiger partial charge in [-0.05, 0) is 24.6 Å². The fraction of sp³-hybridized carbons (Fsp3) is 0.222. The summed E-state index contributed by atoms with van der Waals surface area (Å²) in [4.78, 5) is 23.7. The van der Waals surface area contributed by atoms with Crippen molar-refractivity contribution in [3.8, 4) is 0 Å². The lowest BCUT2D eigenvalue weighted by Crippen LogP contribution is -2.27. The fourth-order valence-electron chi connectivity index (χ4n) is 2.33. The molecule has 0 saturated heterocycles. The summed E-state index contributed by atoms with van der Waals surface area (Å²) < 4.78 is 12.1. The fourth-order valence-corrected chi connectivity index (χ4v) is 2.33. The molecule has 0 bridgehead atoms. The second-order valence-corrected chi connectivity index (χ2v) is 5.54. The summed E-state index contributed by atoms with van der Waals surface area (Å²) >= 11 is 0. The average Bonchev–Trinajstić information content (AvgIpc) is 2.87. The molecule has 1 heterocycles. The Kier molecular flexibility index (Phi) is 4.48. The van der Waals surface area contributed by atoms with Gasteiger partial charge in [0.05, 0.1) is 12.1 Å². The number of nitrogens with zero attached hydrogens (tertiary/aromatic N) is 1. The van der Waals surface area contributed by atoms with Crippen LogP contribution in [-0.4, -0.2) is 16.6 Å². The van der Waals surface area contributed by atoms with Crippen molar-refractivity contribution < 1.29 is 13.9 Å². The number of hydrogen-bond donors (Lipinski definition) is 1. The van der Waals surface area contributed by atoms with E-state index in [0.717, 1.165) is 5.56 Å². The third-order valence-corrected chi connectivity index (χ3v) is 3.77. The molecule has 3 aromatic rings. The van der Waals surface area contributed by atoms with Crippen LogP contribution in [0.25, 0.3) is 11.1 Å². The Labute approximate surface area is 138 Å². The molecule has 1 unspecified atom stereocenters. The van der Waals surface area contributed by atoms with E-state index < -0.39 is 11.9 Å². The first-order chi connectivity index (χ1) is 11.5. The number of carbonyl (C=O) groups excluding carboxylic acids is 1. The molecule has 1 atom stereocenters. The molecule has 24 heavy (non-hydrogen) atoms. The monoisotopic (exact) mass is 326 g/mol. The summed E-state index contributed by atoms with van der Waals surface area (Å²) in [6.07, 6.45) is -0.608. The number of rotatable bonds is 5. The van der Waals surface area contributed by atoms with Crippen LogP contribution in [-0.2, 0) is 23.2 Å². The van der Waals surface area contributed by atoms with E-state index in [-0.39, 0.29) is 5.91 Å². The number of carbonyl (C=O) groups is 1. The van der Waals surface area contributed by atoms with Gasteiger partial charge in [-0.1, -0.05) is 30.3 Å². The molecule has 0 spiro atoms. The highest BCUT2D eigenvalue weighted by Crippen LogP contribution is 2.18. The number of oxazole rings is 1. The Balaban J connectivity index is 1.64. The number of amides is 1. The Morgan fingerprint density at radius 3 is 2.75 bits per heavy atom. The number of nitrogens with one attached hydrogen (secondary N) is 1. The van der Waals surface area contributed by atoms with Gasteiger partial charge in [-0.3, -0.25) is 9.36 Å². The minimum atomic E-state index is -0.608. The van der Waals surface area contributed by atoms with Crippen molar-refractivity contribution in [1.82, 2.24) is 4.57 Å². The van der Waals surface area contributed by atoms with Crippen molar-refractivity contribution in [3.05, 3.63) is 64.6 Å². The zero-order chi connectivity index (χ0) is 17.1. The van der Waals surface area contributed by atoms with Crippen LogP contribution >= 0.6 is 0 Å². The first kappa shape index (κ1) is 16.0. The Hall–Kier alpha value is -2.86. The van der Waals surface area contributed by atoms with Crippen molar-refractivity contribution in [2.75, 3.05) is 5.32 Å². The van der Waals surface area contributed by atoms with Gasteiger partial charge >= 0.3 is 5.76 Å². The van der Waals surface area contributed by atoms with E-state index >= 15 is 0 Å². The number of hydrogen-bond acceptors (Lipinski definition) is 4. The lowest BCUT2D eigenvalue weighted by atomic mass is 10.2. The zero-order valence-electron chi connectivity index (χ0n) is 13.5. The van der Waals surface area contributed by atoms with E-state index in [2.05, 4.69) is 5.32 Å². The molecular formula is C18H18N2O4. The van der Waals surface area contributed by atoms with E-state index in [9.17, 15) is 9.59 Å².